The number of nitrogen functional groups attached to an aromatic ring is 1. The van der Waals surface area contributed by atoms with Crippen molar-refractivity contribution >= 4 is 15.7 Å². The molecule has 1 aliphatic rings. The number of aliphatic hydroxyl groups excluding tert-OH is 1. The molecule has 1 saturated heterocycles. The van der Waals surface area contributed by atoms with Crippen LogP contribution >= 0.6 is 0 Å². The van der Waals surface area contributed by atoms with Gasteiger partial charge in [0.2, 0.25) is 10.0 Å². The molecular formula is C10H13FN2O3S. The van der Waals surface area contributed by atoms with E-state index in [2.05, 4.69) is 0 Å². The lowest BCUT2D eigenvalue weighted by Crippen LogP contribution is -2.29. The SMILES string of the molecule is Nc1cc(F)cc(S(=O)(=O)N2CC[C@H](O)C2)c1. The zero-order valence-electron chi connectivity index (χ0n) is 9.01. The quantitative estimate of drug-likeness (QED) is 0.742. The monoisotopic (exact) mass is 260 g/mol. The highest BCUT2D eigenvalue weighted by Gasteiger charge is 2.31. The summed E-state index contributed by atoms with van der Waals surface area (Å²) in [6.07, 6.45) is -0.264. The zero-order chi connectivity index (χ0) is 12.6. The van der Waals surface area contributed by atoms with Crippen molar-refractivity contribution in [3.63, 3.8) is 0 Å². The molecule has 1 atom stereocenters. The van der Waals surface area contributed by atoms with Crippen molar-refractivity contribution in [2.75, 3.05) is 18.8 Å². The molecule has 2 rings (SSSR count). The van der Waals surface area contributed by atoms with Gasteiger partial charge in [-0.2, -0.15) is 4.31 Å². The molecule has 0 aliphatic carbocycles. The highest BCUT2D eigenvalue weighted by atomic mass is 32.2. The fourth-order valence-corrected chi connectivity index (χ4v) is 3.37. The minimum atomic E-state index is -3.76. The van der Waals surface area contributed by atoms with Crippen LogP contribution in [0, 0.1) is 5.82 Å². The summed E-state index contributed by atoms with van der Waals surface area (Å²) in [5.74, 6) is -0.691. The molecule has 0 aromatic heterocycles. The minimum absolute atomic E-state index is 0.0404. The minimum Gasteiger partial charge on any atom is -0.399 e. The number of benzene rings is 1. The maximum absolute atomic E-state index is 13.1. The maximum atomic E-state index is 13.1. The highest BCUT2D eigenvalue weighted by Crippen LogP contribution is 2.23. The number of hydrogen-bond acceptors (Lipinski definition) is 4. The maximum Gasteiger partial charge on any atom is 0.243 e. The molecule has 1 fully saturated rings. The van der Waals surface area contributed by atoms with Crippen LogP contribution < -0.4 is 5.73 Å². The topological polar surface area (TPSA) is 83.6 Å². The fourth-order valence-electron chi connectivity index (χ4n) is 1.81. The van der Waals surface area contributed by atoms with Crippen molar-refractivity contribution < 1.29 is 17.9 Å². The number of anilines is 1. The van der Waals surface area contributed by atoms with Crippen molar-refractivity contribution in [2.24, 2.45) is 0 Å². The van der Waals surface area contributed by atoms with Crippen molar-refractivity contribution in [3.05, 3.63) is 24.0 Å². The third kappa shape index (κ3) is 2.41. The Kier molecular flexibility index (Phi) is 3.07. The largest absolute Gasteiger partial charge is 0.399 e. The molecule has 0 unspecified atom stereocenters. The molecule has 5 nitrogen and oxygen atoms in total. The summed E-state index contributed by atoms with van der Waals surface area (Å²) >= 11 is 0. The van der Waals surface area contributed by atoms with E-state index >= 15 is 0 Å². The van der Waals surface area contributed by atoms with Crippen LogP contribution in [0.25, 0.3) is 0 Å². The van der Waals surface area contributed by atoms with Gasteiger partial charge in [-0.25, -0.2) is 12.8 Å². The zero-order valence-corrected chi connectivity index (χ0v) is 9.82. The molecule has 7 heteroatoms. The first-order valence-corrected chi connectivity index (χ1v) is 6.58. The van der Waals surface area contributed by atoms with E-state index < -0.39 is 21.9 Å². The van der Waals surface area contributed by atoms with Gasteiger partial charge in [-0.05, 0) is 24.6 Å². The van der Waals surface area contributed by atoms with E-state index in [-0.39, 0.29) is 23.7 Å². The Morgan fingerprint density at radius 2 is 2.12 bits per heavy atom. The normalized spacial score (nSPS) is 21.9. The molecule has 1 heterocycles. The van der Waals surface area contributed by atoms with E-state index in [0.29, 0.717) is 6.42 Å². The molecule has 3 N–H and O–H groups in total. The second-order valence-electron chi connectivity index (χ2n) is 4.03. The molecule has 1 aromatic carbocycles. The van der Waals surface area contributed by atoms with Crippen molar-refractivity contribution in [2.45, 2.75) is 17.4 Å². The molecule has 1 aromatic rings. The fraction of sp³-hybridized carbons (Fsp3) is 0.400. The van der Waals surface area contributed by atoms with Gasteiger partial charge < -0.3 is 10.8 Å². The molecule has 0 radical (unpaired) electrons. The Morgan fingerprint density at radius 1 is 1.41 bits per heavy atom. The van der Waals surface area contributed by atoms with Gasteiger partial charge in [0.25, 0.3) is 0 Å². The average molecular weight is 260 g/mol. The van der Waals surface area contributed by atoms with Crippen LogP contribution in [0.2, 0.25) is 0 Å². The summed E-state index contributed by atoms with van der Waals surface area (Å²) in [4.78, 5) is -0.177. The molecular weight excluding hydrogens is 247 g/mol. The van der Waals surface area contributed by atoms with Crippen molar-refractivity contribution in [1.82, 2.24) is 4.31 Å². The standard InChI is InChI=1S/C10H13FN2O3S/c11-7-3-8(12)5-10(4-7)17(15,16)13-2-1-9(14)6-13/h3-5,9,14H,1-2,6,12H2/t9-/m0/s1. The number of halogens is 1. The Morgan fingerprint density at radius 3 is 2.65 bits per heavy atom. The lowest BCUT2D eigenvalue weighted by atomic mass is 10.3. The van der Waals surface area contributed by atoms with E-state index in [1.165, 1.54) is 6.07 Å². The van der Waals surface area contributed by atoms with E-state index in [4.69, 9.17) is 5.73 Å². The highest BCUT2D eigenvalue weighted by molar-refractivity contribution is 7.89. The smallest absolute Gasteiger partial charge is 0.243 e. The molecule has 17 heavy (non-hydrogen) atoms. The summed E-state index contributed by atoms with van der Waals surface area (Å²) in [6.45, 7) is 0.276. The third-order valence-corrected chi connectivity index (χ3v) is 4.50. The first-order chi connectivity index (χ1) is 7.89. The van der Waals surface area contributed by atoms with Gasteiger partial charge in [0, 0.05) is 18.8 Å². The van der Waals surface area contributed by atoms with Gasteiger partial charge in [0.15, 0.2) is 0 Å². The number of nitrogens with zero attached hydrogens (tertiary/aromatic N) is 1. The number of nitrogens with two attached hydrogens (primary N) is 1. The molecule has 0 saturated carbocycles. The Labute approximate surface area is 98.7 Å². The average Bonchev–Trinajstić information content (AvgIpc) is 2.64. The van der Waals surface area contributed by atoms with E-state index in [9.17, 15) is 17.9 Å². The predicted octanol–water partition coefficient (Wildman–Crippen LogP) is 0.163. The summed E-state index contributed by atoms with van der Waals surface area (Å²) in [5, 5.41) is 9.31. The van der Waals surface area contributed by atoms with Crippen LogP contribution in [0.1, 0.15) is 6.42 Å². The Hall–Kier alpha value is -1.18. The van der Waals surface area contributed by atoms with Gasteiger partial charge in [-0.15, -0.1) is 0 Å². The Bertz CT molecular complexity index is 512. The van der Waals surface area contributed by atoms with Gasteiger partial charge in [-0.1, -0.05) is 0 Å². The van der Waals surface area contributed by atoms with Crippen LogP contribution in [-0.4, -0.2) is 37.0 Å². The lowest BCUT2D eigenvalue weighted by Gasteiger charge is -2.16. The first kappa shape index (κ1) is 12.3. The number of rotatable bonds is 2. The summed E-state index contributed by atoms with van der Waals surface area (Å²) in [6, 6.07) is 3.19. The van der Waals surface area contributed by atoms with Gasteiger partial charge in [-0.3, -0.25) is 0 Å². The van der Waals surface area contributed by atoms with E-state index in [1.54, 1.807) is 0 Å². The van der Waals surface area contributed by atoms with E-state index in [0.717, 1.165) is 16.4 Å². The lowest BCUT2D eigenvalue weighted by molar-refractivity contribution is 0.189. The van der Waals surface area contributed by atoms with Crippen LogP contribution in [0.4, 0.5) is 10.1 Å². The number of aliphatic hydroxyl groups is 1. The van der Waals surface area contributed by atoms with Gasteiger partial charge >= 0.3 is 0 Å². The van der Waals surface area contributed by atoms with Gasteiger partial charge in [0.1, 0.15) is 5.82 Å². The van der Waals surface area contributed by atoms with Crippen LogP contribution in [-0.2, 0) is 10.0 Å². The van der Waals surface area contributed by atoms with Crippen LogP contribution in [0.15, 0.2) is 23.1 Å². The van der Waals surface area contributed by atoms with Crippen molar-refractivity contribution in [1.29, 1.82) is 0 Å². The number of hydrogen-bond donors (Lipinski definition) is 2. The molecule has 94 valence electrons. The molecule has 1 aliphatic heterocycles. The molecule has 0 bridgehead atoms. The van der Waals surface area contributed by atoms with Crippen molar-refractivity contribution in [3.8, 4) is 0 Å². The molecule has 0 amide bonds. The third-order valence-electron chi connectivity index (χ3n) is 2.66. The van der Waals surface area contributed by atoms with Gasteiger partial charge in [0.05, 0.1) is 11.0 Å². The first-order valence-electron chi connectivity index (χ1n) is 5.14. The summed E-state index contributed by atoms with van der Waals surface area (Å²) < 4.78 is 38.4. The van der Waals surface area contributed by atoms with Crippen LogP contribution in [0.3, 0.4) is 0 Å². The number of sulfonamides is 1. The second kappa shape index (κ2) is 4.25. The molecule has 0 spiro atoms. The summed E-state index contributed by atoms with van der Waals surface area (Å²) in [7, 11) is -3.76. The predicted molar refractivity (Wildman–Crippen MR) is 60.2 cm³/mol. The van der Waals surface area contributed by atoms with E-state index in [1.807, 2.05) is 0 Å². The Balaban J connectivity index is 2.38. The number of β-amino-alcohol motifs (C(OH)–C–C–N with tert-alkyl or cyclic N) is 1. The summed E-state index contributed by atoms with van der Waals surface area (Å²) in [5.41, 5.74) is 5.47. The van der Waals surface area contributed by atoms with Crippen LogP contribution in [0.5, 0.6) is 0 Å². The second-order valence-corrected chi connectivity index (χ2v) is 5.96.